The molecule has 7 nitrogen and oxygen atoms in total. The van der Waals surface area contributed by atoms with Crippen LogP contribution in [0.1, 0.15) is 6.92 Å². The van der Waals surface area contributed by atoms with Gasteiger partial charge in [-0.1, -0.05) is 30.0 Å². The van der Waals surface area contributed by atoms with Gasteiger partial charge in [0.1, 0.15) is 11.6 Å². The first kappa shape index (κ1) is 21.3. The number of benzene rings is 2. The predicted octanol–water partition coefficient (Wildman–Crippen LogP) is 3.50. The zero-order valence-electron chi connectivity index (χ0n) is 16.8. The second-order valence-electron chi connectivity index (χ2n) is 6.93. The van der Waals surface area contributed by atoms with Gasteiger partial charge in [0.25, 0.3) is 0 Å². The number of thioether (sulfide) groups is 1. The summed E-state index contributed by atoms with van der Waals surface area (Å²) in [5, 5.41) is 11.1. The number of amides is 1. The number of hydrogen-bond donors (Lipinski definition) is 1. The van der Waals surface area contributed by atoms with Crippen LogP contribution in [0.3, 0.4) is 0 Å². The number of anilines is 2. The summed E-state index contributed by atoms with van der Waals surface area (Å²) in [4.78, 5) is 14.7. The van der Waals surface area contributed by atoms with Gasteiger partial charge < -0.3 is 15.0 Å². The van der Waals surface area contributed by atoms with E-state index < -0.39 is 22.8 Å². The van der Waals surface area contributed by atoms with E-state index in [0.29, 0.717) is 37.4 Å². The molecule has 1 amide bonds. The van der Waals surface area contributed by atoms with Gasteiger partial charge in [-0.25, -0.2) is 8.78 Å². The van der Waals surface area contributed by atoms with Crippen LogP contribution in [-0.4, -0.2) is 52.2 Å². The maximum Gasteiger partial charge on any atom is 0.237 e. The SMILES string of the molecule is CC(Sc1nnc(N2CCOCC2)n1-c1ccccc1)C(=O)Nc1ccc(F)cc1F. The fourth-order valence-electron chi connectivity index (χ4n) is 3.15. The van der Waals surface area contributed by atoms with Crippen LogP contribution in [0.2, 0.25) is 0 Å². The molecule has 0 saturated carbocycles. The van der Waals surface area contributed by atoms with E-state index in [1.165, 1.54) is 17.8 Å². The number of ether oxygens (including phenoxy) is 1. The van der Waals surface area contributed by atoms with E-state index in [2.05, 4.69) is 20.4 Å². The van der Waals surface area contributed by atoms with Gasteiger partial charge in [-0.3, -0.25) is 9.36 Å². The molecule has 0 bridgehead atoms. The molecule has 31 heavy (non-hydrogen) atoms. The maximum atomic E-state index is 13.9. The van der Waals surface area contributed by atoms with Crippen LogP contribution in [0.15, 0.2) is 53.7 Å². The molecule has 2 aromatic carbocycles. The van der Waals surface area contributed by atoms with Crippen molar-refractivity contribution < 1.29 is 18.3 Å². The molecule has 0 spiro atoms. The van der Waals surface area contributed by atoms with Crippen molar-refractivity contribution in [1.29, 1.82) is 0 Å². The highest BCUT2D eigenvalue weighted by Gasteiger charge is 2.25. The Hall–Kier alpha value is -2.98. The largest absolute Gasteiger partial charge is 0.378 e. The average Bonchev–Trinajstić information content (AvgIpc) is 3.20. The zero-order valence-corrected chi connectivity index (χ0v) is 17.6. The summed E-state index contributed by atoms with van der Waals surface area (Å²) < 4.78 is 34.3. The van der Waals surface area contributed by atoms with Gasteiger partial charge in [0.05, 0.1) is 29.8 Å². The lowest BCUT2D eigenvalue weighted by Gasteiger charge is -2.28. The summed E-state index contributed by atoms with van der Waals surface area (Å²) >= 11 is 1.21. The maximum absolute atomic E-state index is 13.9. The molecule has 0 radical (unpaired) electrons. The third-order valence-corrected chi connectivity index (χ3v) is 5.81. The van der Waals surface area contributed by atoms with Crippen LogP contribution < -0.4 is 10.2 Å². The molecule has 1 saturated heterocycles. The number of carbonyl (C=O) groups is 1. The lowest BCUT2D eigenvalue weighted by atomic mass is 10.3. The molecule has 1 fully saturated rings. The number of para-hydroxylation sites is 1. The average molecular weight is 445 g/mol. The van der Waals surface area contributed by atoms with Crippen LogP contribution >= 0.6 is 11.8 Å². The molecule has 1 aliphatic heterocycles. The van der Waals surface area contributed by atoms with Gasteiger partial charge >= 0.3 is 0 Å². The first-order valence-electron chi connectivity index (χ1n) is 9.79. The quantitative estimate of drug-likeness (QED) is 0.586. The Morgan fingerprint density at radius 1 is 1.13 bits per heavy atom. The molecule has 1 aromatic heterocycles. The van der Waals surface area contributed by atoms with Crippen molar-refractivity contribution in [3.05, 3.63) is 60.2 Å². The van der Waals surface area contributed by atoms with E-state index >= 15 is 0 Å². The van der Waals surface area contributed by atoms with Crippen molar-refractivity contribution in [3.63, 3.8) is 0 Å². The number of rotatable bonds is 6. The summed E-state index contributed by atoms with van der Waals surface area (Å²) in [7, 11) is 0. The van der Waals surface area contributed by atoms with Crippen LogP contribution in [0.4, 0.5) is 20.4 Å². The van der Waals surface area contributed by atoms with E-state index in [9.17, 15) is 13.6 Å². The summed E-state index contributed by atoms with van der Waals surface area (Å²) in [5.74, 6) is -1.28. The number of nitrogens with one attached hydrogen (secondary N) is 1. The van der Waals surface area contributed by atoms with E-state index in [0.717, 1.165) is 17.8 Å². The minimum absolute atomic E-state index is 0.0719. The van der Waals surface area contributed by atoms with Gasteiger partial charge in [0.2, 0.25) is 11.9 Å². The minimum Gasteiger partial charge on any atom is -0.378 e. The minimum atomic E-state index is -0.826. The molecule has 10 heteroatoms. The van der Waals surface area contributed by atoms with Crippen LogP contribution in [-0.2, 0) is 9.53 Å². The second kappa shape index (κ2) is 9.44. The van der Waals surface area contributed by atoms with Gasteiger partial charge in [0.15, 0.2) is 5.16 Å². The highest BCUT2D eigenvalue weighted by atomic mass is 32.2. The molecule has 1 unspecified atom stereocenters. The van der Waals surface area contributed by atoms with E-state index in [1.54, 1.807) is 6.92 Å². The van der Waals surface area contributed by atoms with Gasteiger partial charge in [-0.15, -0.1) is 10.2 Å². The standard InChI is InChI=1S/C21H21F2N5O2S/c1-14(19(29)24-18-8-7-15(22)13-17(18)23)31-21-26-25-20(27-9-11-30-12-10-27)28(21)16-5-3-2-4-6-16/h2-8,13-14H,9-12H2,1H3,(H,24,29). The summed E-state index contributed by atoms with van der Waals surface area (Å²) in [5.41, 5.74) is 0.797. The van der Waals surface area contributed by atoms with Crippen molar-refractivity contribution >= 4 is 29.3 Å². The number of carbonyl (C=O) groups excluding carboxylic acids is 1. The smallest absolute Gasteiger partial charge is 0.237 e. The lowest BCUT2D eigenvalue weighted by molar-refractivity contribution is -0.115. The Kier molecular flexibility index (Phi) is 6.47. The van der Waals surface area contributed by atoms with Crippen molar-refractivity contribution in [2.45, 2.75) is 17.3 Å². The monoisotopic (exact) mass is 445 g/mol. The molecule has 3 aromatic rings. The van der Waals surface area contributed by atoms with Gasteiger partial charge in [0, 0.05) is 19.2 Å². The van der Waals surface area contributed by atoms with Crippen molar-refractivity contribution in [3.8, 4) is 5.69 Å². The van der Waals surface area contributed by atoms with E-state index in [-0.39, 0.29) is 5.69 Å². The summed E-state index contributed by atoms with van der Waals surface area (Å²) in [6.45, 7) is 4.28. The van der Waals surface area contributed by atoms with Crippen molar-refractivity contribution in [2.24, 2.45) is 0 Å². The summed E-state index contributed by atoms with van der Waals surface area (Å²) in [6.07, 6.45) is 0. The molecule has 1 atom stereocenters. The molecule has 1 N–H and O–H groups in total. The van der Waals surface area contributed by atoms with E-state index in [1.807, 2.05) is 34.9 Å². The number of halogens is 2. The Labute approximate surface area is 182 Å². The van der Waals surface area contributed by atoms with Crippen LogP contribution in [0, 0.1) is 11.6 Å². The lowest BCUT2D eigenvalue weighted by Crippen LogP contribution is -2.37. The Bertz CT molecular complexity index is 1060. The van der Waals surface area contributed by atoms with Crippen LogP contribution in [0.5, 0.6) is 0 Å². The van der Waals surface area contributed by atoms with Gasteiger partial charge in [-0.2, -0.15) is 0 Å². The van der Waals surface area contributed by atoms with E-state index in [4.69, 9.17) is 4.74 Å². The topological polar surface area (TPSA) is 72.3 Å². The van der Waals surface area contributed by atoms with Crippen molar-refractivity contribution in [1.82, 2.24) is 14.8 Å². The fraction of sp³-hybridized carbons (Fsp3) is 0.286. The third-order valence-electron chi connectivity index (χ3n) is 4.77. The second-order valence-corrected chi connectivity index (χ2v) is 8.23. The third kappa shape index (κ3) is 4.86. The molecule has 162 valence electrons. The Morgan fingerprint density at radius 3 is 2.58 bits per heavy atom. The molecule has 1 aliphatic rings. The molecule has 0 aliphatic carbocycles. The highest BCUT2D eigenvalue weighted by Crippen LogP contribution is 2.30. The molecular formula is C21H21F2N5O2S. The van der Waals surface area contributed by atoms with Crippen molar-refractivity contribution in [2.75, 3.05) is 36.5 Å². The fourth-order valence-corrected chi connectivity index (χ4v) is 4.01. The van der Waals surface area contributed by atoms with Gasteiger partial charge in [-0.05, 0) is 31.2 Å². The first-order chi connectivity index (χ1) is 15.0. The number of hydrogen-bond acceptors (Lipinski definition) is 6. The van der Waals surface area contributed by atoms with Crippen LogP contribution in [0.25, 0.3) is 5.69 Å². The number of aromatic nitrogens is 3. The normalized spacial score (nSPS) is 15.0. The number of nitrogens with zero attached hydrogens (tertiary/aromatic N) is 4. The Balaban J connectivity index is 1.57. The predicted molar refractivity (Wildman–Crippen MR) is 115 cm³/mol. The highest BCUT2D eigenvalue weighted by molar-refractivity contribution is 8.00. The Morgan fingerprint density at radius 2 is 1.87 bits per heavy atom. The molecular weight excluding hydrogens is 424 g/mol. The zero-order chi connectivity index (χ0) is 21.8. The summed E-state index contributed by atoms with van der Waals surface area (Å²) in [6, 6.07) is 12.7. The first-order valence-corrected chi connectivity index (χ1v) is 10.7. The number of morpholine rings is 1. The molecule has 2 heterocycles. The molecule has 4 rings (SSSR count).